The van der Waals surface area contributed by atoms with Crippen molar-refractivity contribution in [3.8, 4) is 0 Å². The zero-order valence-electron chi connectivity index (χ0n) is 12.1. The first kappa shape index (κ1) is 14.5. The number of unbranched alkanes of at least 4 members (excludes halogenated alkanes) is 1. The second-order valence-electron chi connectivity index (χ2n) is 6.26. The number of rotatable bonds is 6. The fraction of sp³-hybridized carbons (Fsp3) is 0.929. The van der Waals surface area contributed by atoms with Crippen molar-refractivity contribution in [1.82, 2.24) is 5.32 Å². The van der Waals surface area contributed by atoms with E-state index in [1.165, 1.54) is 7.11 Å². The quantitative estimate of drug-likeness (QED) is 0.727. The van der Waals surface area contributed by atoms with Crippen LogP contribution in [-0.2, 0) is 9.53 Å². The summed E-state index contributed by atoms with van der Waals surface area (Å²) in [5.74, 6) is -0.128. The average Bonchev–Trinajstić information content (AvgIpc) is 2.64. The summed E-state index contributed by atoms with van der Waals surface area (Å²) in [7, 11) is 1.46. The first-order valence-corrected chi connectivity index (χ1v) is 6.63. The van der Waals surface area contributed by atoms with E-state index in [1.54, 1.807) is 0 Å². The van der Waals surface area contributed by atoms with Crippen molar-refractivity contribution >= 4 is 5.97 Å². The highest BCUT2D eigenvalue weighted by Crippen LogP contribution is 2.62. The molecule has 1 rings (SSSR count). The first-order valence-electron chi connectivity index (χ1n) is 6.63. The van der Waals surface area contributed by atoms with Crippen LogP contribution in [0.3, 0.4) is 0 Å². The maximum absolute atomic E-state index is 11.7. The van der Waals surface area contributed by atoms with Crippen LogP contribution in [0.15, 0.2) is 0 Å². The molecule has 0 radical (unpaired) electrons. The summed E-state index contributed by atoms with van der Waals surface area (Å²) >= 11 is 0. The van der Waals surface area contributed by atoms with Crippen molar-refractivity contribution in [2.24, 2.45) is 10.8 Å². The molecule has 0 aromatic carbocycles. The van der Waals surface area contributed by atoms with Gasteiger partial charge >= 0.3 is 5.97 Å². The Balaban J connectivity index is 2.59. The van der Waals surface area contributed by atoms with E-state index in [4.69, 9.17) is 4.74 Å². The molecule has 1 aliphatic carbocycles. The van der Waals surface area contributed by atoms with Gasteiger partial charge in [-0.25, -0.2) is 0 Å². The van der Waals surface area contributed by atoms with E-state index in [0.29, 0.717) is 6.04 Å². The summed E-state index contributed by atoms with van der Waals surface area (Å²) < 4.78 is 4.87. The molecule has 0 heterocycles. The second-order valence-corrected chi connectivity index (χ2v) is 6.26. The Morgan fingerprint density at radius 3 is 2.18 bits per heavy atom. The van der Waals surface area contributed by atoms with Gasteiger partial charge < -0.3 is 10.1 Å². The molecular weight excluding hydrogens is 214 g/mol. The monoisotopic (exact) mass is 241 g/mol. The highest BCUT2D eigenvalue weighted by atomic mass is 16.5. The predicted octanol–water partition coefficient (Wildman–Crippen LogP) is 2.74. The van der Waals surface area contributed by atoms with Gasteiger partial charge in [0, 0.05) is 6.04 Å². The molecule has 100 valence electrons. The fourth-order valence-corrected chi connectivity index (χ4v) is 2.63. The Morgan fingerprint density at radius 2 is 1.82 bits per heavy atom. The van der Waals surface area contributed by atoms with E-state index in [1.807, 2.05) is 0 Å². The zero-order chi connectivity index (χ0) is 13.3. The maximum Gasteiger partial charge on any atom is 0.322 e. The van der Waals surface area contributed by atoms with Crippen LogP contribution >= 0.6 is 0 Å². The summed E-state index contributed by atoms with van der Waals surface area (Å²) in [6.45, 7) is 11.1. The normalized spacial score (nSPS) is 23.2. The van der Waals surface area contributed by atoms with Gasteiger partial charge in [0.25, 0.3) is 0 Å². The van der Waals surface area contributed by atoms with Gasteiger partial charge in [0.15, 0.2) is 0 Å². The van der Waals surface area contributed by atoms with Crippen molar-refractivity contribution in [2.45, 2.75) is 66.0 Å². The Morgan fingerprint density at radius 1 is 1.29 bits per heavy atom. The number of hydrogen-bond donors (Lipinski definition) is 1. The van der Waals surface area contributed by atoms with Gasteiger partial charge in [0.2, 0.25) is 0 Å². The molecule has 0 saturated heterocycles. The van der Waals surface area contributed by atoms with Crippen LogP contribution < -0.4 is 5.32 Å². The molecule has 0 aromatic rings. The summed E-state index contributed by atoms with van der Waals surface area (Å²) in [4.78, 5) is 11.7. The zero-order valence-corrected chi connectivity index (χ0v) is 12.1. The van der Waals surface area contributed by atoms with Crippen LogP contribution in [0.5, 0.6) is 0 Å². The molecule has 1 saturated carbocycles. The number of nitrogens with one attached hydrogen (secondary N) is 1. The molecule has 0 amide bonds. The number of ether oxygens (including phenoxy) is 1. The van der Waals surface area contributed by atoms with E-state index >= 15 is 0 Å². The molecular formula is C14H27NO2. The van der Waals surface area contributed by atoms with Crippen LogP contribution in [-0.4, -0.2) is 25.2 Å². The highest BCUT2D eigenvalue weighted by molar-refractivity contribution is 5.75. The van der Waals surface area contributed by atoms with Gasteiger partial charge in [-0.2, -0.15) is 0 Å². The molecule has 0 bridgehead atoms. The predicted molar refractivity (Wildman–Crippen MR) is 69.8 cm³/mol. The SMILES string of the molecule is CCCCC(NC1C(C)(C)C1(C)C)C(=O)OC. The molecule has 0 aliphatic heterocycles. The van der Waals surface area contributed by atoms with Crippen molar-refractivity contribution in [1.29, 1.82) is 0 Å². The minimum Gasteiger partial charge on any atom is -0.468 e. The van der Waals surface area contributed by atoms with Gasteiger partial charge in [-0.3, -0.25) is 4.79 Å². The Kier molecular flexibility index (Phi) is 4.23. The average molecular weight is 241 g/mol. The molecule has 1 aliphatic rings. The summed E-state index contributed by atoms with van der Waals surface area (Å²) in [5.41, 5.74) is 0.511. The van der Waals surface area contributed by atoms with Crippen molar-refractivity contribution < 1.29 is 9.53 Å². The van der Waals surface area contributed by atoms with Gasteiger partial charge in [-0.05, 0) is 17.3 Å². The lowest BCUT2D eigenvalue weighted by atomic mass is 10.0. The van der Waals surface area contributed by atoms with Gasteiger partial charge in [-0.15, -0.1) is 0 Å². The molecule has 0 aromatic heterocycles. The van der Waals surface area contributed by atoms with Gasteiger partial charge in [0.1, 0.15) is 6.04 Å². The molecule has 1 unspecified atom stereocenters. The van der Waals surface area contributed by atoms with E-state index in [0.717, 1.165) is 19.3 Å². The van der Waals surface area contributed by atoms with Crippen LogP contribution in [0, 0.1) is 10.8 Å². The highest BCUT2D eigenvalue weighted by Gasteiger charge is 2.65. The van der Waals surface area contributed by atoms with E-state index in [9.17, 15) is 4.79 Å². The third kappa shape index (κ3) is 2.65. The molecule has 3 heteroatoms. The Bertz CT molecular complexity index is 270. The van der Waals surface area contributed by atoms with Gasteiger partial charge in [-0.1, -0.05) is 47.5 Å². The standard InChI is InChI=1S/C14H27NO2/c1-7-8-9-10(11(16)17-6)15-12-13(2,3)14(12,4)5/h10,12,15H,7-9H2,1-6H3. The minimum atomic E-state index is -0.147. The van der Waals surface area contributed by atoms with Crippen LogP contribution in [0.2, 0.25) is 0 Å². The van der Waals surface area contributed by atoms with E-state index < -0.39 is 0 Å². The van der Waals surface area contributed by atoms with Crippen LogP contribution in [0.25, 0.3) is 0 Å². The number of esters is 1. The number of carbonyl (C=O) groups excluding carboxylic acids is 1. The summed E-state index contributed by atoms with van der Waals surface area (Å²) in [6.07, 6.45) is 3.03. The molecule has 1 N–H and O–H groups in total. The number of hydrogen-bond acceptors (Lipinski definition) is 3. The third-order valence-electron chi connectivity index (χ3n) is 4.72. The van der Waals surface area contributed by atoms with Gasteiger partial charge in [0.05, 0.1) is 7.11 Å². The lowest BCUT2D eigenvalue weighted by Crippen LogP contribution is -2.41. The maximum atomic E-state index is 11.7. The topological polar surface area (TPSA) is 38.3 Å². The van der Waals surface area contributed by atoms with Crippen molar-refractivity contribution in [3.05, 3.63) is 0 Å². The lowest BCUT2D eigenvalue weighted by molar-refractivity contribution is -0.143. The van der Waals surface area contributed by atoms with E-state index in [-0.39, 0.29) is 22.8 Å². The molecule has 1 atom stereocenters. The fourth-order valence-electron chi connectivity index (χ4n) is 2.63. The minimum absolute atomic E-state index is 0.128. The summed E-state index contributed by atoms with van der Waals surface area (Å²) in [6, 6.07) is 0.252. The second kappa shape index (κ2) is 4.97. The third-order valence-corrected chi connectivity index (χ3v) is 4.72. The van der Waals surface area contributed by atoms with Crippen LogP contribution in [0.4, 0.5) is 0 Å². The first-order chi connectivity index (χ1) is 7.79. The number of methoxy groups -OCH3 is 1. The summed E-state index contributed by atoms with van der Waals surface area (Å²) in [5, 5.41) is 3.48. The van der Waals surface area contributed by atoms with Crippen molar-refractivity contribution in [3.63, 3.8) is 0 Å². The largest absolute Gasteiger partial charge is 0.468 e. The number of carbonyl (C=O) groups is 1. The molecule has 0 spiro atoms. The Labute approximate surface area is 105 Å². The van der Waals surface area contributed by atoms with E-state index in [2.05, 4.69) is 39.9 Å². The lowest BCUT2D eigenvalue weighted by Gasteiger charge is -2.17. The molecule has 3 nitrogen and oxygen atoms in total. The molecule has 17 heavy (non-hydrogen) atoms. The van der Waals surface area contributed by atoms with Crippen LogP contribution in [0.1, 0.15) is 53.9 Å². The smallest absolute Gasteiger partial charge is 0.322 e. The van der Waals surface area contributed by atoms with Crippen molar-refractivity contribution in [2.75, 3.05) is 7.11 Å². The Hall–Kier alpha value is -0.570. The molecule has 1 fully saturated rings.